The summed E-state index contributed by atoms with van der Waals surface area (Å²) in [6, 6.07) is 0. The average molecular weight is 276 g/mol. The molecule has 1 fully saturated rings. The summed E-state index contributed by atoms with van der Waals surface area (Å²) in [7, 11) is 0. The first-order valence-corrected chi connectivity index (χ1v) is 6.57. The lowest BCUT2D eigenvalue weighted by molar-refractivity contribution is 0.324. The van der Waals surface area contributed by atoms with Crippen LogP contribution in [-0.4, -0.2) is 34.1 Å². The molecule has 0 saturated carbocycles. The number of hydrogen-bond acceptors (Lipinski definition) is 3. The highest BCUT2D eigenvalue weighted by Crippen LogP contribution is 2.13. The zero-order valence-electron chi connectivity index (χ0n) is 9.53. The second kappa shape index (κ2) is 5.85. The van der Waals surface area contributed by atoms with Crippen LogP contribution >= 0.6 is 23.2 Å². The van der Waals surface area contributed by atoms with Gasteiger partial charge in [0.15, 0.2) is 5.15 Å². The van der Waals surface area contributed by atoms with Crippen LogP contribution < -0.4 is 5.56 Å². The molecule has 2 rings (SSSR count). The van der Waals surface area contributed by atoms with Gasteiger partial charge in [0, 0.05) is 6.54 Å². The quantitative estimate of drug-likeness (QED) is 0.790. The van der Waals surface area contributed by atoms with Crippen LogP contribution in [0, 0.1) is 0 Å². The highest BCUT2D eigenvalue weighted by Gasteiger charge is 2.11. The fraction of sp³-hybridized carbons (Fsp3) is 0.636. The molecule has 0 unspecified atom stereocenters. The van der Waals surface area contributed by atoms with Gasteiger partial charge in [0.05, 0.1) is 6.33 Å². The van der Waals surface area contributed by atoms with Crippen molar-refractivity contribution in [3.05, 3.63) is 26.9 Å². The molecule has 0 aliphatic carbocycles. The molecule has 0 aromatic carbocycles. The maximum absolute atomic E-state index is 11.7. The number of halogens is 2. The van der Waals surface area contributed by atoms with Crippen LogP contribution in [0.1, 0.15) is 19.3 Å². The minimum atomic E-state index is -0.256. The van der Waals surface area contributed by atoms with E-state index in [4.69, 9.17) is 23.2 Å². The fourth-order valence-corrected chi connectivity index (χ4v) is 2.36. The monoisotopic (exact) mass is 275 g/mol. The Morgan fingerprint density at radius 1 is 1.24 bits per heavy atom. The van der Waals surface area contributed by atoms with Gasteiger partial charge in [0.1, 0.15) is 5.02 Å². The second-order valence-electron chi connectivity index (χ2n) is 4.25. The Balaban J connectivity index is 1.90. The summed E-state index contributed by atoms with van der Waals surface area (Å²) in [6.07, 6.45) is 4.96. The summed E-state index contributed by atoms with van der Waals surface area (Å²) in [5, 5.41) is 0.0859. The van der Waals surface area contributed by atoms with Gasteiger partial charge in [-0.1, -0.05) is 23.2 Å². The summed E-state index contributed by atoms with van der Waals surface area (Å²) in [4.78, 5) is 18.0. The number of likely N-dealkylation sites (tertiary alicyclic amines) is 1. The Morgan fingerprint density at radius 3 is 2.65 bits per heavy atom. The van der Waals surface area contributed by atoms with E-state index in [2.05, 4.69) is 9.88 Å². The van der Waals surface area contributed by atoms with E-state index in [0.29, 0.717) is 6.54 Å². The van der Waals surface area contributed by atoms with Gasteiger partial charge in [0.2, 0.25) is 0 Å². The van der Waals surface area contributed by atoms with E-state index in [0.717, 1.165) is 13.0 Å². The first kappa shape index (κ1) is 12.9. The van der Waals surface area contributed by atoms with Crippen molar-refractivity contribution in [3.63, 3.8) is 0 Å². The van der Waals surface area contributed by atoms with Crippen molar-refractivity contribution in [2.24, 2.45) is 0 Å². The Kier molecular flexibility index (Phi) is 4.42. The molecular weight excluding hydrogens is 261 g/mol. The minimum Gasteiger partial charge on any atom is -0.303 e. The zero-order valence-corrected chi connectivity index (χ0v) is 11.0. The van der Waals surface area contributed by atoms with Crippen LogP contribution in [0.5, 0.6) is 0 Å². The smallest absolute Gasteiger partial charge is 0.273 e. The van der Waals surface area contributed by atoms with Crippen molar-refractivity contribution in [2.45, 2.75) is 25.8 Å². The largest absolute Gasteiger partial charge is 0.303 e. The molecule has 1 aromatic heterocycles. The first-order chi connectivity index (χ1) is 8.18. The van der Waals surface area contributed by atoms with Gasteiger partial charge < -0.3 is 4.90 Å². The molecule has 1 aromatic rings. The van der Waals surface area contributed by atoms with Crippen LogP contribution in [0.15, 0.2) is 11.1 Å². The van der Waals surface area contributed by atoms with Crippen LogP contribution in [0.3, 0.4) is 0 Å². The number of rotatable bonds is 4. The van der Waals surface area contributed by atoms with Crippen LogP contribution in [0.4, 0.5) is 0 Å². The van der Waals surface area contributed by atoms with Gasteiger partial charge in [-0.05, 0) is 38.9 Å². The Bertz CT molecular complexity index is 441. The summed E-state index contributed by atoms with van der Waals surface area (Å²) in [5.41, 5.74) is -0.256. The second-order valence-corrected chi connectivity index (χ2v) is 4.99. The van der Waals surface area contributed by atoms with Crippen LogP contribution in [-0.2, 0) is 6.54 Å². The van der Waals surface area contributed by atoms with Gasteiger partial charge in [-0.25, -0.2) is 4.98 Å². The van der Waals surface area contributed by atoms with E-state index in [1.807, 2.05) is 0 Å². The number of hydrogen-bond donors (Lipinski definition) is 0. The SMILES string of the molecule is O=c1c(Cl)c(Cl)ncn1CCCN1CCCC1. The molecule has 1 saturated heterocycles. The van der Waals surface area contributed by atoms with E-state index in [1.165, 1.54) is 36.8 Å². The molecule has 0 bridgehead atoms. The number of aromatic nitrogens is 2. The highest BCUT2D eigenvalue weighted by atomic mass is 35.5. The lowest BCUT2D eigenvalue weighted by Gasteiger charge is -2.14. The third-order valence-electron chi connectivity index (χ3n) is 3.01. The summed E-state index contributed by atoms with van der Waals surface area (Å²) in [6.45, 7) is 4.01. The van der Waals surface area contributed by atoms with E-state index in [1.54, 1.807) is 0 Å². The predicted octanol–water partition coefficient (Wildman–Crippen LogP) is 2.04. The molecule has 2 heterocycles. The molecular formula is C11H15Cl2N3O. The molecule has 0 atom stereocenters. The topological polar surface area (TPSA) is 38.1 Å². The van der Waals surface area contributed by atoms with E-state index >= 15 is 0 Å². The predicted molar refractivity (Wildman–Crippen MR) is 68.8 cm³/mol. The molecule has 4 nitrogen and oxygen atoms in total. The van der Waals surface area contributed by atoms with Crippen molar-refractivity contribution < 1.29 is 0 Å². The van der Waals surface area contributed by atoms with Gasteiger partial charge in [-0.15, -0.1) is 0 Å². The Hall–Kier alpha value is -0.580. The van der Waals surface area contributed by atoms with Crippen LogP contribution in [0.25, 0.3) is 0 Å². The summed E-state index contributed by atoms with van der Waals surface area (Å²) < 4.78 is 1.52. The third kappa shape index (κ3) is 3.21. The molecule has 1 aliphatic heterocycles. The van der Waals surface area contributed by atoms with E-state index in [-0.39, 0.29) is 15.7 Å². The maximum Gasteiger partial charge on any atom is 0.273 e. The van der Waals surface area contributed by atoms with Crippen molar-refractivity contribution in [3.8, 4) is 0 Å². The average Bonchev–Trinajstić information content (AvgIpc) is 2.82. The normalized spacial score (nSPS) is 16.6. The van der Waals surface area contributed by atoms with E-state index in [9.17, 15) is 4.79 Å². The molecule has 94 valence electrons. The third-order valence-corrected chi connectivity index (χ3v) is 3.74. The molecule has 0 amide bonds. The van der Waals surface area contributed by atoms with Crippen molar-refractivity contribution >= 4 is 23.2 Å². The fourth-order valence-electron chi connectivity index (χ4n) is 2.07. The molecule has 6 heteroatoms. The van der Waals surface area contributed by atoms with Crippen molar-refractivity contribution in [1.29, 1.82) is 0 Å². The molecule has 17 heavy (non-hydrogen) atoms. The molecule has 0 radical (unpaired) electrons. The minimum absolute atomic E-state index is 0.00957. The Labute approximate surface area is 110 Å². The van der Waals surface area contributed by atoms with Crippen molar-refractivity contribution in [1.82, 2.24) is 14.5 Å². The van der Waals surface area contributed by atoms with Crippen molar-refractivity contribution in [2.75, 3.05) is 19.6 Å². The standard InChI is InChI=1S/C11H15Cl2N3O/c12-9-10(13)14-8-16(11(9)17)7-3-6-15-4-1-2-5-15/h8H,1-7H2. The van der Waals surface area contributed by atoms with Gasteiger partial charge in [-0.2, -0.15) is 0 Å². The zero-order chi connectivity index (χ0) is 12.3. The molecule has 0 spiro atoms. The summed E-state index contributed by atoms with van der Waals surface area (Å²) in [5.74, 6) is 0. The molecule has 1 aliphatic rings. The van der Waals surface area contributed by atoms with Gasteiger partial charge >= 0.3 is 0 Å². The van der Waals surface area contributed by atoms with Gasteiger partial charge in [-0.3, -0.25) is 9.36 Å². The molecule has 0 N–H and O–H groups in total. The maximum atomic E-state index is 11.7. The van der Waals surface area contributed by atoms with Crippen LogP contribution in [0.2, 0.25) is 10.2 Å². The number of aryl methyl sites for hydroxylation is 1. The number of nitrogens with zero attached hydrogens (tertiary/aromatic N) is 3. The summed E-state index contributed by atoms with van der Waals surface area (Å²) >= 11 is 11.4. The lowest BCUT2D eigenvalue weighted by atomic mass is 10.4. The Morgan fingerprint density at radius 2 is 1.94 bits per heavy atom. The first-order valence-electron chi connectivity index (χ1n) is 5.81. The highest BCUT2D eigenvalue weighted by molar-refractivity contribution is 6.40. The van der Waals surface area contributed by atoms with E-state index < -0.39 is 0 Å². The lowest BCUT2D eigenvalue weighted by Crippen LogP contribution is -2.25. The van der Waals surface area contributed by atoms with Gasteiger partial charge in [0.25, 0.3) is 5.56 Å².